The van der Waals surface area contributed by atoms with Gasteiger partial charge in [-0.15, -0.1) is 24.8 Å². The molecule has 1 aliphatic heterocycles. The van der Waals surface area contributed by atoms with Crippen molar-refractivity contribution in [3.63, 3.8) is 0 Å². The number of nitrogens with zero attached hydrogens (tertiary/aromatic N) is 4. The molecule has 3 aliphatic rings. The lowest BCUT2D eigenvalue weighted by atomic mass is 9.96. The second-order valence-electron chi connectivity index (χ2n) is 8.16. The number of halogens is 2. The largest absolute Gasteiger partial charge is 0.354 e. The zero-order valence-electron chi connectivity index (χ0n) is 16.7. The number of aromatic nitrogens is 2. The number of nitrogens with one attached hydrogen (secondary N) is 1. The zero-order valence-corrected chi connectivity index (χ0v) is 18.3. The van der Waals surface area contributed by atoms with Gasteiger partial charge in [-0.2, -0.15) is 4.98 Å². The van der Waals surface area contributed by atoms with Crippen molar-refractivity contribution in [2.45, 2.75) is 44.6 Å². The van der Waals surface area contributed by atoms with Crippen molar-refractivity contribution < 1.29 is 4.79 Å². The fourth-order valence-electron chi connectivity index (χ4n) is 4.45. The summed E-state index contributed by atoms with van der Waals surface area (Å²) in [5, 5.41) is 3.16. The van der Waals surface area contributed by atoms with E-state index in [4.69, 9.17) is 15.7 Å². The fraction of sp³-hybridized carbons (Fsp3) is 0.737. The minimum absolute atomic E-state index is 0. The van der Waals surface area contributed by atoms with Crippen molar-refractivity contribution in [2.24, 2.45) is 17.6 Å². The summed E-state index contributed by atoms with van der Waals surface area (Å²) < 4.78 is 0. The van der Waals surface area contributed by atoms with Crippen LogP contribution in [0, 0.1) is 11.8 Å². The molecule has 0 unspecified atom stereocenters. The zero-order chi connectivity index (χ0) is 18.3. The van der Waals surface area contributed by atoms with Gasteiger partial charge >= 0.3 is 0 Å². The fourth-order valence-corrected chi connectivity index (χ4v) is 4.45. The molecule has 1 aromatic heterocycles. The van der Waals surface area contributed by atoms with Gasteiger partial charge in [-0.25, -0.2) is 4.98 Å². The topological polar surface area (TPSA) is 87.4 Å². The second-order valence-corrected chi connectivity index (χ2v) is 8.16. The summed E-state index contributed by atoms with van der Waals surface area (Å²) >= 11 is 0. The number of anilines is 2. The number of rotatable bonds is 5. The third-order valence-electron chi connectivity index (χ3n) is 5.97. The SMILES string of the molecule is CN(C)c1nc2c(c(N3C[C@H](NC(=O)CN)[C@@H](C4CC4)C3)n1)CCCC2.Cl.Cl. The van der Waals surface area contributed by atoms with Gasteiger partial charge in [-0.05, 0) is 44.4 Å². The van der Waals surface area contributed by atoms with Gasteiger partial charge in [0.2, 0.25) is 11.9 Å². The molecule has 158 valence electrons. The highest BCUT2D eigenvalue weighted by atomic mass is 35.5. The average molecular weight is 431 g/mol. The van der Waals surface area contributed by atoms with Crippen LogP contribution < -0.4 is 20.9 Å². The maximum Gasteiger partial charge on any atom is 0.234 e. The number of fused-ring (bicyclic) bond motifs is 1. The molecule has 9 heteroatoms. The average Bonchev–Trinajstić information content (AvgIpc) is 3.41. The van der Waals surface area contributed by atoms with Crippen LogP contribution in [-0.4, -0.2) is 55.6 Å². The number of aryl methyl sites for hydroxylation is 1. The van der Waals surface area contributed by atoms with Crippen LogP contribution in [-0.2, 0) is 17.6 Å². The number of carbonyl (C=O) groups is 1. The highest BCUT2D eigenvalue weighted by Crippen LogP contribution is 2.43. The van der Waals surface area contributed by atoms with Gasteiger partial charge in [0.25, 0.3) is 0 Å². The van der Waals surface area contributed by atoms with Crippen LogP contribution in [0.4, 0.5) is 11.8 Å². The van der Waals surface area contributed by atoms with E-state index in [1.54, 1.807) is 0 Å². The Morgan fingerprint density at radius 1 is 1.18 bits per heavy atom. The van der Waals surface area contributed by atoms with E-state index < -0.39 is 0 Å². The first-order valence-electron chi connectivity index (χ1n) is 9.88. The van der Waals surface area contributed by atoms with Crippen LogP contribution in [0.5, 0.6) is 0 Å². The second kappa shape index (κ2) is 9.46. The van der Waals surface area contributed by atoms with Crippen LogP contribution in [0.2, 0.25) is 0 Å². The van der Waals surface area contributed by atoms with Gasteiger partial charge in [-0.1, -0.05) is 0 Å². The number of hydrogen-bond acceptors (Lipinski definition) is 6. The van der Waals surface area contributed by atoms with E-state index in [0.29, 0.717) is 5.92 Å². The predicted molar refractivity (Wildman–Crippen MR) is 117 cm³/mol. The number of amides is 1. The minimum atomic E-state index is -0.0544. The van der Waals surface area contributed by atoms with Crippen LogP contribution in [0.3, 0.4) is 0 Å². The van der Waals surface area contributed by atoms with E-state index in [-0.39, 0.29) is 43.3 Å². The Balaban J connectivity index is 0.00000140. The smallest absolute Gasteiger partial charge is 0.234 e. The van der Waals surface area contributed by atoms with Crippen LogP contribution in [0.1, 0.15) is 36.9 Å². The third-order valence-corrected chi connectivity index (χ3v) is 5.97. The molecule has 0 aromatic carbocycles. The quantitative estimate of drug-likeness (QED) is 0.736. The van der Waals surface area contributed by atoms with Crippen molar-refractivity contribution in [1.29, 1.82) is 0 Å². The van der Waals surface area contributed by atoms with Crippen molar-refractivity contribution in [1.82, 2.24) is 15.3 Å². The lowest BCUT2D eigenvalue weighted by Crippen LogP contribution is -2.44. The molecule has 2 fully saturated rings. The summed E-state index contributed by atoms with van der Waals surface area (Å²) in [6, 6.07) is 0.176. The van der Waals surface area contributed by atoms with Crippen molar-refractivity contribution >= 4 is 42.5 Å². The van der Waals surface area contributed by atoms with E-state index >= 15 is 0 Å². The third kappa shape index (κ3) is 4.63. The highest BCUT2D eigenvalue weighted by molar-refractivity contribution is 5.85. The molecule has 2 atom stereocenters. The molecule has 28 heavy (non-hydrogen) atoms. The summed E-state index contributed by atoms with van der Waals surface area (Å²) in [6.45, 7) is 1.85. The highest BCUT2D eigenvalue weighted by Gasteiger charge is 2.44. The maximum atomic E-state index is 11.9. The molecule has 1 amide bonds. The summed E-state index contributed by atoms with van der Waals surface area (Å²) in [6.07, 6.45) is 7.06. The van der Waals surface area contributed by atoms with Gasteiger partial charge < -0.3 is 20.9 Å². The van der Waals surface area contributed by atoms with Gasteiger partial charge in [0.05, 0.1) is 18.3 Å². The summed E-state index contributed by atoms with van der Waals surface area (Å²) in [7, 11) is 3.99. The molecule has 4 rings (SSSR count). The number of hydrogen-bond donors (Lipinski definition) is 2. The van der Waals surface area contributed by atoms with Crippen LogP contribution >= 0.6 is 24.8 Å². The van der Waals surface area contributed by atoms with Crippen molar-refractivity contribution in [2.75, 3.05) is 43.5 Å². The molecule has 1 aromatic rings. The lowest BCUT2D eigenvalue weighted by Gasteiger charge is -2.26. The number of carbonyl (C=O) groups excluding carboxylic acids is 1. The molecule has 1 saturated carbocycles. The van der Waals surface area contributed by atoms with Gasteiger partial charge in [0.15, 0.2) is 0 Å². The van der Waals surface area contributed by atoms with Crippen molar-refractivity contribution in [3.05, 3.63) is 11.3 Å². The molecule has 0 bridgehead atoms. The Morgan fingerprint density at radius 2 is 1.89 bits per heavy atom. The maximum absolute atomic E-state index is 11.9. The van der Waals surface area contributed by atoms with E-state index in [9.17, 15) is 4.79 Å². The summed E-state index contributed by atoms with van der Waals surface area (Å²) in [4.78, 5) is 26.0. The predicted octanol–water partition coefficient (Wildman–Crippen LogP) is 1.55. The standard InChI is InChI=1S/C19H30N6O.2ClH/c1-24(2)19-22-15-6-4-3-5-13(15)18(23-19)25-10-14(12-7-8-12)16(11-25)21-17(26)9-20;;/h12,14,16H,3-11,20H2,1-2H3,(H,21,26);2*1H/t14-,16+;;/m1../s1. The van der Waals surface area contributed by atoms with Gasteiger partial charge in [0, 0.05) is 38.7 Å². The van der Waals surface area contributed by atoms with E-state index in [2.05, 4.69) is 10.2 Å². The first-order chi connectivity index (χ1) is 12.6. The Morgan fingerprint density at radius 3 is 2.54 bits per heavy atom. The minimum Gasteiger partial charge on any atom is -0.354 e. The Kier molecular flexibility index (Phi) is 7.76. The number of nitrogens with two attached hydrogens (primary N) is 1. The molecule has 3 N–H and O–H groups in total. The monoisotopic (exact) mass is 430 g/mol. The summed E-state index contributed by atoms with van der Waals surface area (Å²) in [5.74, 6) is 3.06. The van der Waals surface area contributed by atoms with E-state index in [1.807, 2.05) is 19.0 Å². The van der Waals surface area contributed by atoms with Crippen molar-refractivity contribution in [3.8, 4) is 0 Å². The molecule has 2 heterocycles. The first kappa shape index (κ1) is 23.0. The molecule has 2 aliphatic carbocycles. The van der Waals surface area contributed by atoms with E-state index in [1.165, 1.54) is 36.9 Å². The Bertz CT molecular complexity index is 697. The first-order valence-corrected chi connectivity index (χ1v) is 9.88. The summed E-state index contributed by atoms with van der Waals surface area (Å²) in [5.41, 5.74) is 8.06. The van der Waals surface area contributed by atoms with Gasteiger partial charge in [0.1, 0.15) is 5.82 Å². The molecular weight excluding hydrogens is 399 g/mol. The normalized spacial score (nSPS) is 23.3. The molecule has 0 spiro atoms. The van der Waals surface area contributed by atoms with Crippen LogP contribution in [0.25, 0.3) is 0 Å². The molecule has 7 nitrogen and oxygen atoms in total. The molecule has 0 radical (unpaired) electrons. The molecule has 1 saturated heterocycles. The molecular formula is C19H32Cl2N6O. The Labute approximate surface area is 179 Å². The Hall–Kier alpha value is -1.31. The van der Waals surface area contributed by atoms with Crippen LogP contribution in [0.15, 0.2) is 0 Å². The lowest BCUT2D eigenvalue weighted by molar-refractivity contribution is -0.120. The van der Waals surface area contributed by atoms with E-state index in [0.717, 1.165) is 43.6 Å². The van der Waals surface area contributed by atoms with Gasteiger partial charge in [-0.3, -0.25) is 4.79 Å².